The van der Waals surface area contributed by atoms with Crippen LogP contribution in [0, 0.1) is 0 Å². The topological polar surface area (TPSA) is 52.6 Å². The Bertz CT molecular complexity index is 626. The van der Waals surface area contributed by atoms with Crippen LogP contribution in [0.1, 0.15) is 20.7 Å². The summed E-state index contributed by atoms with van der Waals surface area (Å²) in [5, 5.41) is 0. The molecule has 2 aromatic carbocycles. The molecule has 0 heterocycles. The number of ether oxygens (including phenoxy) is 2. The predicted octanol–water partition coefficient (Wildman–Crippen LogP) is 0.534. The van der Waals surface area contributed by atoms with Crippen LogP contribution in [0.5, 0.6) is 0 Å². The summed E-state index contributed by atoms with van der Waals surface area (Å²) in [6.45, 7) is 0. The summed E-state index contributed by atoms with van der Waals surface area (Å²) in [5.41, 5.74) is 1.20. The average molecular weight is 428 g/mol. The van der Waals surface area contributed by atoms with Crippen LogP contribution in [-0.2, 0) is 9.47 Å². The van der Waals surface area contributed by atoms with E-state index in [0.29, 0.717) is 11.1 Å². The molecule has 2 rings (SSSR count). The van der Waals surface area contributed by atoms with Gasteiger partial charge in [-0.3, -0.25) is 0 Å². The van der Waals surface area contributed by atoms with Crippen LogP contribution >= 0.6 is 0 Å². The second kappa shape index (κ2) is 8.16. The third kappa shape index (κ3) is 3.99. The molecule has 0 spiro atoms. The second-order valence-corrected chi connectivity index (χ2v) is 10.3. The van der Waals surface area contributed by atoms with Gasteiger partial charge in [0.1, 0.15) is 0 Å². The molecule has 0 unspecified atom stereocenters. The fourth-order valence-electron chi connectivity index (χ4n) is 1.73. The molecule has 0 aliphatic heterocycles. The van der Waals surface area contributed by atoms with Crippen molar-refractivity contribution in [1.82, 2.24) is 0 Å². The van der Waals surface area contributed by atoms with E-state index in [2.05, 4.69) is 0 Å². The summed E-state index contributed by atoms with van der Waals surface area (Å²) in [4.78, 5) is 23.6. The number of methoxy groups -OCH3 is 2. The van der Waals surface area contributed by atoms with E-state index in [4.69, 9.17) is 9.47 Å². The van der Waals surface area contributed by atoms with Gasteiger partial charge in [0.15, 0.2) is 0 Å². The van der Waals surface area contributed by atoms with Crippen molar-refractivity contribution >= 4 is 47.1 Å². The molecule has 0 N–H and O–H groups in total. The molecule has 0 atom stereocenters. The van der Waals surface area contributed by atoms with E-state index in [1.165, 1.54) is 14.2 Å². The molecule has 22 heavy (non-hydrogen) atoms. The van der Waals surface area contributed by atoms with E-state index in [1.807, 2.05) is 36.4 Å². The Morgan fingerprint density at radius 3 is 1.45 bits per heavy atom. The van der Waals surface area contributed by atoms with Crippen molar-refractivity contribution in [2.75, 3.05) is 14.2 Å². The molecular weight excluding hydrogens is 414 g/mol. The Morgan fingerprint density at radius 1 is 0.727 bits per heavy atom. The summed E-state index contributed by atoms with van der Waals surface area (Å²) >= 11 is 0.143. The van der Waals surface area contributed by atoms with E-state index >= 15 is 0 Å². The number of benzene rings is 2. The standard InChI is InChI=1S/C16H14O4Se2/c1-19-15(17)11-7-3-5-9-13(11)21-22-14-10-6-4-8-12(14)16(18)20-2/h3-10H,1-2H3. The first-order chi connectivity index (χ1) is 10.7. The van der Waals surface area contributed by atoms with Gasteiger partial charge >= 0.3 is 140 Å². The van der Waals surface area contributed by atoms with Gasteiger partial charge in [-0.15, -0.1) is 0 Å². The van der Waals surface area contributed by atoms with Crippen molar-refractivity contribution < 1.29 is 19.1 Å². The number of esters is 2. The predicted molar refractivity (Wildman–Crippen MR) is 86.3 cm³/mol. The zero-order valence-electron chi connectivity index (χ0n) is 12.1. The van der Waals surface area contributed by atoms with Gasteiger partial charge in [0.05, 0.1) is 0 Å². The number of carbonyl (C=O) groups excluding carboxylic acids is 2. The quantitative estimate of drug-likeness (QED) is 0.516. The molecule has 0 aliphatic carbocycles. The summed E-state index contributed by atoms with van der Waals surface area (Å²) in [6.07, 6.45) is 0. The Balaban J connectivity index is 2.21. The van der Waals surface area contributed by atoms with Gasteiger partial charge in [-0.2, -0.15) is 0 Å². The Kier molecular flexibility index (Phi) is 6.22. The van der Waals surface area contributed by atoms with Gasteiger partial charge in [-0.05, 0) is 0 Å². The van der Waals surface area contributed by atoms with Crippen molar-refractivity contribution in [3.63, 3.8) is 0 Å². The summed E-state index contributed by atoms with van der Waals surface area (Å²) in [5.74, 6) is -0.649. The number of rotatable bonds is 5. The third-order valence-corrected chi connectivity index (χ3v) is 10.1. The fraction of sp³-hybridized carbons (Fsp3) is 0.125. The average Bonchev–Trinajstić information content (AvgIpc) is 2.59. The molecule has 0 amide bonds. The molecule has 4 nitrogen and oxygen atoms in total. The van der Waals surface area contributed by atoms with Gasteiger partial charge in [0.25, 0.3) is 0 Å². The number of hydrogen-bond acceptors (Lipinski definition) is 4. The van der Waals surface area contributed by atoms with Crippen LogP contribution in [0.3, 0.4) is 0 Å². The van der Waals surface area contributed by atoms with Crippen LogP contribution in [0.25, 0.3) is 0 Å². The van der Waals surface area contributed by atoms with Crippen molar-refractivity contribution in [3.05, 3.63) is 59.7 Å². The summed E-state index contributed by atoms with van der Waals surface area (Å²) in [7, 11) is 2.76. The maximum atomic E-state index is 11.8. The Hall–Kier alpha value is -1.58. The Morgan fingerprint density at radius 2 is 1.09 bits per heavy atom. The first-order valence-electron chi connectivity index (χ1n) is 6.36. The fourth-order valence-corrected chi connectivity index (χ4v) is 8.80. The summed E-state index contributed by atoms with van der Waals surface area (Å²) < 4.78 is 11.6. The van der Waals surface area contributed by atoms with E-state index in [-0.39, 0.29) is 38.2 Å². The molecule has 0 bridgehead atoms. The van der Waals surface area contributed by atoms with Gasteiger partial charge in [0, 0.05) is 0 Å². The van der Waals surface area contributed by atoms with E-state index in [1.54, 1.807) is 12.1 Å². The van der Waals surface area contributed by atoms with Crippen LogP contribution in [0.4, 0.5) is 0 Å². The van der Waals surface area contributed by atoms with Crippen LogP contribution < -0.4 is 8.92 Å². The minimum atomic E-state index is -0.325. The number of hydrogen-bond donors (Lipinski definition) is 0. The molecule has 0 radical (unpaired) electrons. The maximum absolute atomic E-state index is 11.8. The molecular formula is C16H14O4Se2. The monoisotopic (exact) mass is 430 g/mol. The SMILES string of the molecule is COC(=O)c1ccccc1[Se][Se]c1ccccc1C(=O)OC. The Labute approximate surface area is 140 Å². The van der Waals surface area contributed by atoms with E-state index < -0.39 is 0 Å². The first kappa shape index (κ1) is 16.8. The van der Waals surface area contributed by atoms with E-state index in [9.17, 15) is 9.59 Å². The van der Waals surface area contributed by atoms with Crippen molar-refractivity contribution in [2.45, 2.75) is 0 Å². The second-order valence-electron chi connectivity index (χ2n) is 4.14. The summed E-state index contributed by atoms with van der Waals surface area (Å²) in [6, 6.07) is 14.9. The van der Waals surface area contributed by atoms with Crippen LogP contribution in [-0.4, -0.2) is 52.4 Å². The first-order valence-corrected chi connectivity index (χ1v) is 12.4. The molecule has 0 aliphatic rings. The molecule has 6 heteroatoms. The van der Waals surface area contributed by atoms with Crippen LogP contribution in [0.15, 0.2) is 48.5 Å². The zero-order valence-corrected chi connectivity index (χ0v) is 15.5. The van der Waals surface area contributed by atoms with Gasteiger partial charge < -0.3 is 0 Å². The third-order valence-electron chi connectivity index (χ3n) is 2.81. The van der Waals surface area contributed by atoms with E-state index in [0.717, 1.165) is 8.92 Å². The van der Waals surface area contributed by atoms with Gasteiger partial charge in [0.2, 0.25) is 0 Å². The molecule has 0 fully saturated rings. The zero-order chi connectivity index (χ0) is 15.9. The molecule has 2 aromatic rings. The minimum absolute atomic E-state index is 0.0713. The van der Waals surface area contributed by atoms with Gasteiger partial charge in [-0.1, -0.05) is 0 Å². The van der Waals surface area contributed by atoms with Crippen molar-refractivity contribution in [1.29, 1.82) is 0 Å². The van der Waals surface area contributed by atoms with Crippen molar-refractivity contribution in [3.8, 4) is 0 Å². The molecule has 114 valence electrons. The number of carbonyl (C=O) groups is 2. The molecule has 0 saturated heterocycles. The molecule has 0 aromatic heterocycles. The van der Waals surface area contributed by atoms with Crippen LogP contribution in [0.2, 0.25) is 0 Å². The normalized spacial score (nSPS) is 10.1. The molecule has 0 saturated carbocycles. The van der Waals surface area contributed by atoms with Crippen molar-refractivity contribution in [2.24, 2.45) is 0 Å². The van der Waals surface area contributed by atoms with Gasteiger partial charge in [-0.25, -0.2) is 0 Å².